The molecule has 0 fully saturated rings. The van der Waals surface area contributed by atoms with Gasteiger partial charge >= 0.3 is 0 Å². The van der Waals surface area contributed by atoms with Gasteiger partial charge in [0.2, 0.25) is 0 Å². The Hall–Kier alpha value is -1.35. The number of oxazole rings is 1. The lowest BCUT2D eigenvalue weighted by Gasteiger charge is -1.97. The van der Waals surface area contributed by atoms with Crippen LogP contribution in [0.1, 0.15) is 18.4 Å². The Kier molecular flexibility index (Phi) is 2.25. The van der Waals surface area contributed by atoms with Gasteiger partial charge in [0, 0.05) is 12.5 Å². The number of rotatable bonds is 2. The first-order valence-corrected chi connectivity index (χ1v) is 4.77. The summed E-state index contributed by atoms with van der Waals surface area (Å²) in [5, 5.41) is 0. The third kappa shape index (κ3) is 1.63. The first-order chi connectivity index (χ1) is 6.66. The number of nitrogens with zero attached hydrogens (tertiary/aromatic N) is 1. The van der Waals surface area contributed by atoms with E-state index in [2.05, 4.69) is 4.98 Å². The molecule has 2 aromatic rings. The van der Waals surface area contributed by atoms with Crippen molar-refractivity contribution in [2.75, 3.05) is 0 Å². The van der Waals surface area contributed by atoms with Gasteiger partial charge in [0.15, 0.2) is 11.5 Å². The van der Waals surface area contributed by atoms with Gasteiger partial charge in [0.05, 0.1) is 0 Å². The molecule has 1 unspecified atom stereocenters. The molecule has 0 aliphatic carbocycles. The SMILES string of the molecule is Cc1cccc2nc(CC(C)N)oc12. The molecule has 74 valence electrons. The molecular weight excluding hydrogens is 176 g/mol. The Labute approximate surface area is 82.9 Å². The maximum atomic E-state index is 5.68. The van der Waals surface area contributed by atoms with Crippen molar-refractivity contribution in [2.24, 2.45) is 5.73 Å². The fourth-order valence-corrected chi connectivity index (χ4v) is 1.50. The van der Waals surface area contributed by atoms with Crippen molar-refractivity contribution in [1.82, 2.24) is 4.98 Å². The Balaban J connectivity index is 2.46. The van der Waals surface area contributed by atoms with Gasteiger partial charge in [-0.05, 0) is 25.5 Å². The smallest absolute Gasteiger partial charge is 0.197 e. The van der Waals surface area contributed by atoms with Crippen LogP contribution < -0.4 is 5.73 Å². The van der Waals surface area contributed by atoms with Crippen molar-refractivity contribution >= 4 is 11.1 Å². The number of hydrogen-bond acceptors (Lipinski definition) is 3. The normalized spacial score (nSPS) is 13.4. The maximum absolute atomic E-state index is 5.68. The van der Waals surface area contributed by atoms with E-state index in [9.17, 15) is 0 Å². The number of aromatic nitrogens is 1. The lowest BCUT2D eigenvalue weighted by Crippen LogP contribution is -2.17. The largest absolute Gasteiger partial charge is 0.440 e. The van der Waals surface area contributed by atoms with Crippen LogP contribution in [0.3, 0.4) is 0 Å². The summed E-state index contributed by atoms with van der Waals surface area (Å²) >= 11 is 0. The highest BCUT2D eigenvalue weighted by molar-refractivity contribution is 5.75. The van der Waals surface area contributed by atoms with E-state index in [1.165, 1.54) is 0 Å². The first-order valence-electron chi connectivity index (χ1n) is 4.77. The van der Waals surface area contributed by atoms with Crippen LogP contribution in [-0.2, 0) is 6.42 Å². The molecule has 1 heterocycles. The summed E-state index contributed by atoms with van der Waals surface area (Å²) in [6.45, 7) is 3.96. The van der Waals surface area contributed by atoms with Gasteiger partial charge in [-0.1, -0.05) is 12.1 Å². The van der Waals surface area contributed by atoms with Gasteiger partial charge in [-0.2, -0.15) is 0 Å². The molecule has 0 aliphatic rings. The molecule has 0 radical (unpaired) electrons. The van der Waals surface area contributed by atoms with Gasteiger partial charge in [-0.25, -0.2) is 4.98 Å². The second-order valence-corrected chi connectivity index (χ2v) is 3.71. The highest BCUT2D eigenvalue weighted by Gasteiger charge is 2.08. The molecule has 0 saturated carbocycles. The van der Waals surface area contributed by atoms with E-state index < -0.39 is 0 Å². The van der Waals surface area contributed by atoms with Crippen molar-refractivity contribution in [3.8, 4) is 0 Å². The van der Waals surface area contributed by atoms with Gasteiger partial charge < -0.3 is 10.2 Å². The van der Waals surface area contributed by atoms with Crippen LogP contribution >= 0.6 is 0 Å². The average molecular weight is 190 g/mol. The number of nitrogens with two attached hydrogens (primary N) is 1. The Morgan fingerprint density at radius 3 is 2.93 bits per heavy atom. The zero-order valence-corrected chi connectivity index (χ0v) is 8.45. The summed E-state index contributed by atoms with van der Waals surface area (Å²) < 4.78 is 5.62. The predicted molar refractivity (Wildman–Crippen MR) is 56.1 cm³/mol. The van der Waals surface area contributed by atoms with E-state index in [1.54, 1.807) is 0 Å². The molecule has 2 rings (SSSR count). The zero-order chi connectivity index (χ0) is 10.1. The van der Waals surface area contributed by atoms with Crippen LogP contribution in [-0.4, -0.2) is 11.0 Å². The van der Waals surface area contributed by atoms with Crippen LogP contribution in [0.2, 0.25) is 0 Å². The van der Waals surface area contributed by atoms with Crippen molar-refractivity contribution in [2.45, 2.75) is 26.3 Å². The molecule has 0 spiro atoms. The summed E-state index contributed by atoms with van der Waals surface area (Å²) in [6, 6.07) is 6.04. The maximum Gasteiger partial charge on any atom is 0.197 e. The Bertz CT molecular complexity index is 445. The summed E-state index contributed by atoms with van der Waals surface area (Å²) in [5.41, 5.74) is 8.60. The lowest BCUT2D eigenvalue weighted by atomic mass is 10.2. The minimum absolute atomic E-state index is 0.0865. The number of hydrogen-bond donors (Lipinski definition) is 1. The number of aryl methyl sites for hydroxylation is 1. The van der Waals surface area contributed by atoms with E-state index in [-0.39, 0.29) is 6.04 Å². The van der Waals surface area contributed by atoms with E-state index in [4.69, 9.17) is 10.2 Å². The molecule has 1 atom stereocenters. The van der Waals surface area contributed by atoms with Crippen LogP contribution in [0.4, 0.5) is 0 Å². The monoisotopic (exact) mass is 190 g/mol. The first kappa shape index (κ1) is 9.21. The number of para-hydroxylation sites is 1. The molecule has 0 aliphatic heterocycles. The standard InChI is InChI=1S/C11H14N2O/c1-7-4-3-5-9-11(7)14-10(13-9)6-8(2)12/h3-5,8H,6,12H2,1-2H3. The minimum Gasteiger partial charge on any atom is -0.440 e. The van der Waals surface area contributed by atoms with E-state index >= 15 is 0 Å². The zero-order valence-electron chi connectivity index (χ0n) is 8.45. The lowest BCUT2D eigenvalue weighted by molar-refractivity contribution is 0.505. The molecule has 1 aromatic heterocycles. The van der Waals surface area contributed by atoms with Crippen LogP contribution in [0.15, 0.2) is 22.6 Å². The van der Waals surface area contributed by atoms with Gasteiger partial charge in [-0.15, -0.1) is 0 Å². The third-order valence-electron chi connectivity index (χ3n) is 2.15. The molecule has 14 heavy (non-hydrogen) atoms. The van der Waals surface area contributed by atoms with Crippen molar-refractivity contribution in [3.05, 3.63) is 29.7 Å². The molecule has 0 saturated heterocycles. The molecule has 2 N–H and O–H groups in total. The summed E-state index contributed by atoms with van der Waals surface area (Å²) in [5.74, 6) is 0.726. The van der Waals surface area contributed by atoms with Crippen molar-refractivity contribution in [1.29, 1.82) is 0 Å². The fraction of sp³-hybridized carbons (Fsp3) is 0.364. The Morgan fingerprint density at radius 2 is 2.29 bits per heavy atom. The van der Waals surface area contributed by atoms with Crippen LogP contribution in [0.5, 0.6) is 0 Å². The quantitative estimate of drug-likeness (QED) is 0.788. The van der Waals surface area contributed by atoms with Crippen LogP contribution in [0.25, 0.3) is 11.1 Å². The number of fused-ring (bicyclic) bond motifs is 1. The predicted octanol–water partition coefficient (Wildman–Crippen LogP) is 2.03. The second kappa shape index (κ2) is 3.42. The summed E-state index contributed by atoms with van der Waals surface area (Å²) in [4.78, 5) is 4.37. The summed E-state index contributed by atoms with van der Waals surface area (Å²) in [6.07, 6.45) is 0.689. The third-order valence-corrected chi connectivity index (χ3v) is 2.15. The Morgan fingerprint density at radius 1 is 1.50 bits per heavy atom. The second-order valence-electron chi connectivity index (χ2n) is 3.71. The van der Waals surface area contributed by atoms with Crippen molar-refractivity contribution in [3.63, 3.8) is 0 Å². The van der Waals surface area contributed by atoms with Gasteiger partial charge in [-0.3, -0.25) is 0 Å². The molecule has 3 heteroatoms. The minimum atomic E-state index is 0.0865. The van der Waals surface area contributed by atoms with E-state index in [0.29, 0.717) is 6.42 Å². The van der Waals surface area contributed by atoms with E-state index in [0.717, 1.165) is 22.6 Å². The highest BCUT2D eigenvalue weighted by atomic mass is 16.3. The van der Waals surface area contributed by atoms with Crippen molar-refractivity contribution < 1.29 is 4.42 Å². The average Bonchev–Trinajstić information content (AvgIpc) is 2.47. The highest BCUT2D eigenvalue weighted by Crippen LogP contribution is 2.19. The topological polar surface area (TPSA) is 52.0 Å². The molecule has 0 amide bonds. The van der Waals surface area contributed by atoms with Gasteiger partial charge in [0.1, 0.15) is 5.52 Å². The molecule has 3 nitrogen and oxygen atoms in total. The summed E-state index contributed by atoms with van der Waals surface area (Å²) in [7, 11) is 0. The number of benzene rings is 1. The van der Waals surface area contributed by atoms with Crippen LogP contribution in [0, 0.1) is 6.92 Å². The van der Waals surface area contributed by atoms with E-state index in [1.807, 2.05) is 32.0 Å². The molecule has 0 bridgehead atoms. The van der Waals surface area contributed by atoms with Gasteiger partial charge in [0.25, 0.3) is 0 Å². The fourth-order valence-electron chi connectivity index (χ4n) is 1.50. The molecule has 1 aromatic carbocycles. The molecular formula is C11H14N2O.